The maximum Gasteiger partial charge on any atom is 0.418 e. The lowest BCUT2D eigenvalue weighted by atomic mass is 10.1. The van der Waals surface area contributed by atoms with Crippen molar-refractivity contribution < 1.29 is 22.7 Å². The molecule has 2 aromatic carbocycles. The molecule has 2 heterocycles. The Labute approximate surface area is 200 Å². The topological polar surface area (TPSA) is 60.2 Å². The highest BCUT2D eigenvalue weighted by molar-refractivity contribution is 7.99. The molecule has 3 aromatic rings. The third-order valence-corrected chi connectivity index (χ3v) is 6.63. The number of piperidine rings is 1. The van der Waals surface area contributed by atoms with Crippen LogP contribution >= 0.6 is 11.8 Å². The number of hydrogen-bond donors (Lipinski definition) is 0. The number of para-hydroxylation sites is 2. The number of ketones is 1. The highest BCUT2D eigenvalue weighted by Gasteiger charge is 2.35. The number of likely N-dealkylation sites (tertiary alicyclic amines) is 1. The second-order valence-electron chi connectivity index (χ2n) is 8.00. The summed E-state index contributed by atoms with van der Waals surface area (Å²) in [5.74, 6) is 0.642. The molecular formula is C24H25F3N4O2S. The van der Waals surface area contributed by atoms with E-state index in [0.29, 0.717) is 23.7 Å². The van der Waals surface area contributed by atoms with E-state index < -0.39 is 11.7 Å². The Morgan fingerprint density at radius 1 is 1.03 bits per heavy atom. The molecule has 4 rings (SSSR count). The van der Waals surface area contributed by atoms with Gasteiger partial charge in [-0.05, 0) is 50.2 Å². The zero-order chi connectivity index (χ0) is 24.1. The lowest BCUT2D eigenvalue weighted by molar-refractivity contribution is -0.137. The molecule has 0 atom stereocenters. The van der Waals surface area contributed by atoms with Crippen molar-refractivity contribution in [2.24, 2.45) is 0 Å². The van der Waals surface area contributed by atoms with Crippen molar-refractivity contribution >= 4 is 17.5 Å². The van der Waals surface area contributed by atoms with Gasteiger partial charge < -0.3 is 4.74 Å². The smallest absolute Gasteiger partial charge is 0.418 e. The number of rotatable bonds is 8. The summed E-state index contributed by atoms with van der Waals surface area (Å²) >= 11 is 1.06. The Kier molecular flexibility index (Phi) is 7.57. The Morgan fingerprint density at radius 3 is 2.47 bits per heavy atom. The first-order valence-corrected chi connectivity index (χ1v) is 12.0. The Hall–Kier alpha value is -2.85. The van der Waals surface area contributed by atoms with Gasteiger partial charge in [-0.2, -0.15) is 13.2 Å². The third-order valence-electron chi connectivity index (χ3n) is 5.70. The van der Waals surface area contributed by atoms with Crippen molar-refractivity contribution in [2.75, 3.05) is 26.0 Å². The van der Waals surface area contributed by atoms with Crippen LogP contribution < -0.4 is 4.74 Å². The molecule has 0 amide bonds. The van der Waals surface area contributed by atoms with Gasteiger partial charge in [-0.3, -0.25) is 14.3 Å². The van der Waals surface area contributed by atoms with Crippen molar-refractivity contribution in [3.05, 3.63) is 65.5 Å². The van der Waals surface area contributed by atoms with Gasteiger partial charge in [-0.25, -0.2) is 0 Å². The van der Waals surface area contributed by atoms with E-state index in [1.165, 1.54) is 23.8 Å². The van der Waals surface area contributed by atoms with E-state index in [1.54, 1.807) is 30.3 Å². The fourth-order valence-electron chi connectivity index (χ4n) is 4.05. The number of methoxy groups -OCH3 is 1. The monoisotopic (exact) mass is 490 g/mol. The molecule has 1 saturated heterocycles. The van der Waals surface area contributed by atoms with Crippen LogP contribution in [0.3, 0.4) is 0 Å². The summed E-state index contributed by atoms with van der Waals surface area (Å²) in [5, 5.41) is 8.67. The summed E-state index contributed by atoms with van der Waals surface area (Å²) in [6.07, 6.45) is -1.31. The second kappa shape index (κ2) is 10.6. The number of hydrogen-bond acceptors (Lipinski definition) is 6. The summed E-state index contributed by atoms with van der Waals surface area (Å²) in [7, 11) is 1.48. The molecule has 6 nitrogen and oxygen atoms in total. The van der Waals surface area contributed by atoms with E-state index in [9.17, 15) is 18.0 Å². The van der Waals surface area contributed by atoms with Gasteiger partial charge in [-0.15, -0.1) is 10.2 Å². The predicted molar refractivity (Wildman–Crippen MR) is 124 cm³/mol. The van der Waals surface area contributed by atoms with E-state index in [0.717, 1.165) is 50.2 Å². The molecule has 0 N–H and O–H groups in total. The Bertz CT molecular complexity index is 1140. The molecular weight excluding hydrogens is 465 g/mol. The van der Waals surface area contributed by atoms with E-state index >= 15 is 0 Å². The van der Waals surface area contributed by atoms with Crippen LogP contribution in [0.4, 0.5) is 13.2 Å². The van der Waals surface area contributed by atoms with Crippen molar-refractivity contribution in [2.45, 2.75) is 37.1 Å². The number of carbonyl (C=O) groups is 1. The minimum atomic E-state index is -4.54. The molecule has 0 radical (unpaired) electrons. The first-order chi connectivity index (χ1) is 16.4. The third kappa shape index (κ3) is 5.44. The van der Waals surface area contributed by atoms with Gasteiger partial charge in [0.25, 0.3) is 0 Å². The van der Waals surface area contributed by atoms with Crippen LogP contribution in [-0.4, -0.2) is 51.4 Å². The summed E-state index contributed by atoms with van der Waals surface area (Å²) in [6, 6.07) is 12.2. The van der Waals surface area contributed by atoms with Crippen molar-refractivity contribution in [1.82, 2.24) is 19.7 Å². The molecule has 1 aromatic heterocycles. The van der Waals surface area contributed by atoms with Crippen LogP contribution in [0.1, 0.15) is 41.0 Å². The minimum absolute atomic E-state index is 0.0175. The van der Waals surface area contributed by atoms with Crippen molar-refractivity contribution in [3.63, 3.8) is 0 Å². The zero-order valence-electron chi connectivity index (χ0n) is 18.7. The van der Waals surface area contributed by atoms with Gasteiger partial charge in [0.15, 0.2) is 16.8 Å². The molecule has 1 aliphatic rings. The number of aromatic nitrogens is 3. The molecule has 1 fully saturated rings. The summed E-state index contributed by atoms with van der Waals surface area (Å²) in [5.41, 5.74) is -0.403. The van der Waals surface area contributed by atoms with Gasteiger partial charge >= 0.3 is 6.18 Å². The van der Waals surface area contributed by atoms with Crippen LogP contribution in [-0.2, 0) is 12.7 Å². The number of ether oxygens (including phenoxy) is 1. The minimum Gasteiger partial charge on any atom is -0.496 e. The lowest BCUT2D eigenvalue weighted by Gasteiger charge is -2.26. The summed E-state index contributed by atoms with van der Waals surface area (Å²) in [4.78, 5) is 15.0. The molecule has 10 heteroatoms. The molecule has 0 saturated carbocycles. The van der Waals surface area contributed by atoms with E-state index in [2.05, 4.69) is 15.1 Å². The van der Waals surface area contributed by atoms with Gasteiger partial charge in [0.1, 0.15) is 5.75 Å². The molecule has 0 unspecified atom stereocenters. The van der Waals surface area contributed by atoms with Crippen molar-refractivity contribution in [1.29, 1.82) is 0 Å². The average Bonchev–Trinajstić information content (AvgIpc) is 3.24. The number of Topliss-reactive ketones (excluding diaryl/α,β-unsaturated/α-hetero) is 1. The Balaban J connectivity index is 1.67. The number of carbonyl (C=O) groups excluding carboxylic acids is 1. The highest BCUT2D eigenvalue weighted by atomic mass is 32.2. The SMILES string of the molecule is COc1ccccc1C(=O)CSc1nnc(CN2CCCCC2)n1-c1ccccc1C(F)(F)F. The maximum atomic E-state index is 13.8. The van der Waals surface area contributed by atoms with Crippen LogP contribution in [0, 0.1) is 0 Å². The largest absolute Gasteiger partial charge is 0.496 e. The quantitative estimate of drug-likeness (QED) is 0.317. The van der Waals surface area contributed by atoms with Gasteiger partial charge in [-0.1, -0.05) is 42.4 Å². The molecule has 180 valence electrons. The van der Waals surface area contributed by atoms with Crippen LogP contribution in [0.25, 0.3) is 5.69 Å². The van der Waals surface area contributed by atoms with E-state index in [4.69, 9.17) is 4.74 Å². The number of alkyl halides is 3. The first kappa shape index (κ1) is 24.3. The number of nitrogens with zero attached hydrogens (tertiary/aromatic N) is 4. The second-order valence-corrected chi connectivity index (χ2v) is 8.94. The standard InChI is InChI=1S/C24H25F3N4O2S/c1-33-21-12-6-3-9-17(21)20(32)16-34-23-29-28-22(15-30-13-7-2-8-14-30)31(23)19-11-5-4-10-18(19)24(25,26)27/h3-6,9-12H,2,7-8,13-16H2,1H3. The average molecular weight is 491 g/mol. The number of benzene rings is 2. The summed E-state index contributed by atoms with van der Waals surface area (Å²) < 4.78 is 48.2. The van der Waals surface area contributed by atoms with E-state index in [1.807, 2.05) is 0 Å². The number of halogens is 3. The molecule has 0 aliphatic carbocycles. The number of thioether (sulfide) groups is 1. The van der Waals surface area contributed by atoms with Gasteiger partial charge in [0, 0.05) is 0 Å². The molecule has 1 aliphatic heterocycles. The van der Waals surface area contributed by atoms with Crippen LogP contribution in [0.5, 0.6) is 5.75 Å². The summed E-state index contributed by atoms with van der Waals surface area (Å²) in [6.45, 7) is 2.12. The maximum absolute atomic E-state index is 13.8. The molecule has 34 heavy (non-hydrogen) atoms. The fraction of sp³-hybridized carbons (Fsp3) is 0.375. The molecule has 0 spiro atoms. The van der Waals surface area contributed by atoms with Gasteiger partial charge in [0.05, 0.1) is 36.2 Å². The lowest BCUT2D eigenvalue weighted by Crippen LogP contribution is -2.30. The van der Waals surface area contributed by atoms with Crippen LogP contribution in [0.2, 0.25) is 0 Å². The predicted octanol–water partition coefficient (Wildman–Crippen LogP) is 5.26. The molecule has 0 bridgehead atoms. The van der Waals surface area contributed by atoms with E-state index in [-0.39, 0.29) is 22.4 Å². The van der Waals surface area contributed by atoms with Crippen molar-refractivity contribution in [3.8, 4) is 11.4 Å². The normalized spacial score (nSPS) is 14.8. The zero-order valence-corrected chi connectivity index (χ0v) is 19.5. The first-order valence-electron chi connectivity index (χ1n) is 11.0. The fourth-order valence-corrected chi connectivity index (χ4v) is 4.89. The highest BCUT2D eigenvalue weighted by Crippen LogP contribution is 2.36. The Morgan fingerprint density at radius 2 is 1.74 bits per heavy atom. The van der Waals surface area contributed by atoms with Crippen LogP contribution in [0.15, 0.2) is 53.7 Å². The van der Waals surface area contributed by atoms with Gasteiger partial charge in [0.2, 0.25) is 0 Å².